The van der Waals surface area contributed by atoms with Crippen molar-refractivity contribution in [3.8, 4) is 0 Å². The van der Waals surface area contributed by atoms with Crippen LogP contribution in [0.5, 0.6) is 0 Å². The number of nitrogens with one attached hydrogen (secondary N) is 1. The first-order valence-electron chi connectivity index (χ1n) is 5.57. The molecule has 1 N–H and O–H groups in total. The lowest BCUT2D eigenvalue weighted by molar-refractivity contribution is -0.137. The van der Waals surface area contributed by atoms with Crippen LogP contribution in [-0.4, -0.2) is 10.9 Å². The maximum Gasteiger partial charge on any atom is 0.416 e. The van der Waals surface area contributed by atoms with E-state index >= 15 is 0 Å². The second kappa shape index (κ2) is 5.69. The largest absolute Gasteiger partial charge is 0.416 e. The van der Waals surface area contributed by atoms with Crippen molar-refractivity contribution in [3.63, 3.8) is 0 Å². The van der Waals surface area contributed by atoms with E-state index in [9.17, 15) is 22.4 Å². The van der Waals surface area contributed by atoms with Gasteiger partial charge in [-0.25, -0.2) is 9.37 Å². The molecule has 0 aliphatic rings. The van der Waals surface area contributed by atoms with E-state index < -0.39 is 29.0 Å². The van der Waals surface area contributed by atoms with E-state index in [1.807, 2.05) is 0 Å². The molecular formula is C13H7ClF4N2O. The Labute approximate surface area is 121 Å². The summed E-state index contributed by atoms with van der Waals surface area (Å²) >= 11 is 5.68. The molecule has 0 fully saturated rings. The lowest BCUT2D eigenvalue weighted by Crippen LogP contribution is -2.16. The standard InChI is InChI=1S/C13H7ClF4N2O/c14-8-3-4-19-11(6-8)20-12(21)9-5-7(13(16,17)18)1-2-10(9)15/h1-6H,(H,19,20,21). The first-order valence-corrected chi connectivity index (χ1v) is 5.95. The summed E-state index contributed by atoms with van der Waals surface area (Å²) in [5.74, 6) is -2.11. The molecule has 0 atom stereocenters. The Hall–Kier alpha value is -2.15. The first kappa shape index (κ1) is 15.2. The van der Waals surface area contributed by atoms with Crippen molar-refractivity contribution in [3.05, 3.63) is 58.5 Å². The van der Waals surface area contributed by atoms with Gasteiger partial charge in [-0.15, -0.1) is 0 Å². The number of pyridine rings is 1. The van der Waals surface area contributed by atoms with E-state index in [0.717, 1.165) is 0 Å². The minimum absolute atomic E-state index is 0.00399. The van der Waals surface area contributed by atoms with Crippen molar-refractivity contribution < 1.29 is 22.4 Å². The number of alkyl halides is 3. The van der Waals surface area contributed by atoms with E-state index in [1.54, 1.807) is 0 Å². The highest BCUT2D eigenvalue weighted by molar-refractivity contribution is 6.30. The lowest BCUT2D eigenvalue weighted by Gasteiger charge is -2.10. The molecule has 0 bridgehead atoms. The zero-order chi connectivity index (χ0) is 15.6. The Morgan fingerprint density at radius 1 is 1.19 bits per heavy atom. The molecule has 0 saturated carbocycles. The molecule has 110 valence electrons. The number of carbonyl (C=O) groups is 1. The van der Waals surface area contributed by atoms with Gasteiger partial charge in [0.25, 0.3) is 5.91 Å². The molecule has 1 heterocycles. The molecule has 2 aromatic rings. The number of nitrogens with zero attached hydrogens (tertiary/aromatic N) is 1. The molecule has 1 aromatic carbocycles. The number of anilines is 1. The number of carbonyl (C=O) groups excluding carboxylic acids is 1. The first-order chi connectivity index (χ1) is 9.77. The van der Waals surface area contributed by atoms with Crippen molar-refractivity contribution in [2.75, 3.05) is 5.32 Å². The maximum absolute atomic E-state index is 13.5. The predicted octanol–water partition coefficient (Wildman–Crippen LogP) is 4.15. The van der Waals surface area contributed by atoms with Crippen molar-refractivity contribution in [2.45, 2.75) is 6.18 Å². The number of halogens is 5. The fourth-order valence-corrected chi connectivity index (χ4v) is 1.69. The number of hydrogen-bond acceptors (Lipinski definition) is 2. The van der Waals surface area contributed by atoms with Gasteiger partial charge >= 0.3 is 6.18 Å². The number of aromatic nitrogens is 1. The predicted molar refractivity (Wildman–Crippen MR) is 68.6 cm³/mol. The topological polar surface area (TPSA) is 42.0 Å². The third kappa shape index (κ3) is 3.69. The zero-order valence-electron chi connectivity index (χ0n) is 10.2. The smallest absolute Gasteiger partial charge is 0.306 e. The van der Waals surface area contributed by atoms with Gasteiger partial charge in [-0.05, 0) is 30.3 Å². The molecule has 0 unspecified atom stereocenters. The summed E-state index contributed by atoms with van der Waals surface area (Å²) in [6, 6.07) is 4.31. The van der Waals surface area contributed by atoms with Crippen LogP contribution in [0.2, 0.25) is 5.02 Å². The van der Waals surface area contributed by atoms with Crippen LogP contribution in [0.4, 0.5) is 23.4 Å². The highest BCUT2D eigenvalue weighted by Gasteiger charge is 2.32. The fourth-order valence-electron chi connectivity index (χ4n) is 1.53. The van der Waals surface area contributed by atoms with Crippen LogP contribution in [0, 0.1) is 5.82 Å². The summed E-state index contributed by atoms with van der Waals surface area (Å²) < 4.78 is 51.2. The quantitative estimate of drug-likeness (QED) is 0.845. The number of hydrogen-bond donors (Lipinski definition) is 1. The summed E-state index contributed by atoms with van der Waals surface area (Å²) in [5.41, 5.74) is -1.85. The van der Waals surface area contributed by atoms with Gasteiger partial charge in [-0.1, -0.05) is 11.6 Å². The molecule has 0 aliphatic heterocycles. The van der Waals surface area contributed by atoms with Crippen LogP contribution < -0.4 is 5.32 Å². The van der Waals surface area contributed by atoms with Crippen molar-refractivity contribution in [2.24, 2.45) is 0 Å². The van der Waals surface area contributed by atoms with E-state index in [4.69, 9.17) is 11.6 Å². The van der Waals surface area contributed by atoms with E-state index in [1.165, 1.54) is 18.3 Å². The van der Waals surface area contributed by atoms with Crippen LogP contribution in [0.15, 0.2) is 36.5 Å². The number of rotatable bonds is 2. The van der Waals surface area contributed by atoms with Gasteiger partial charge in [0.05, 0.1) is 11.1 Å². The van der Waals surface area contributed by atoms with E-state index in [2.05, 4.69) is 10.3 Å². The summed E-state index contributed by atoms with van der Waals surface area (Å²) in [6.07, 6.45) is -3.38. The Morgan fingerprint density at radius 2 is 1.90 bits per heavy atom. The average molecular weight is 319 g/mol. The monoisotopic (exact) mass is 318 g/mol. The van der Waals surface area contributed by atoms with Gasteiger partial charge in [0.15, 0.2) is 0 Å². The van der Waals surface area contributed by atoms with Crippen molar-refractivity contribution in [1.82, 2.24) is 4.98 Å². The average Bonchev–Trinajstić information content (AvgIpc) is 2.37. The summed E-state index contributed by atoms with van der Waals surface area (Å²) in [7, 11) is 0. The second-order valence-electron chi connectivity index (χ2n) is 4.01. The molecule has 0 saturated heterocycles. The Kier molecular flexibility index (Phi) is 4.13. The van der Waals surface area contributed by atoms with Crippen LogP contribution in [0.3, 0.4) is 0 Å². The van der Waals surface area contributed by atoms with Gasteiger partial charge in [0.2, 0.25) is 0 Å². The lowest BCUT2D eigenvalue weighted by atomic mass is 10.1. The van der Waals surface area contributed by atoms with Gasteiger partial charge in [0.1, 0.15) is 11.6 Å². The minimum Gasteiger partial charge on any atom is -0.306 e. The fraction of sp³-hybridized carbons (Fsp3) is 0.0769. The third-order valence-electron chi connectivity index (χ3n) is 2.50. The van der Waals surface area contributed by atoms with Crippen LogP contribution in [-0.2, 0) is 6.18 Å². The summed E-state index contributed by atoms with van der Waals surface area (Å²) in [6.45, 7) is 0. The van der Waals surface area contributed by atoms with Gasteiger partial charge in [0, 0.05) is 11.2 Å². The molecule has 0 aliphatic carbocycles. The molecule has 1 amide bonds. The van der Waals surface area contributed by atoms with Crippen LogP contribution >= 0.6 is 11.6 Å². The van der Waals surface area contributed by atoms with Gasteiger partial charge in [-0.2, -0.15) is 13.2 Å². The Morgan fingerprint density at radius 3 is 2.52 bits per heavy atom. The van der Waals surface area contributed by atoms with Gasteiger partial charge in [-0.3, -0.25) is 4.79 Å². The SMILES string of the molecule is O=C(Nc1cc(Cl)ccn1)c1cc(C(F)(F)F)ccc1F. The van der Waals surface area contributed by atoms with Crippen molar-refractivity contribution >= 4 is 23.3 Å². The van der Waals surface area contributed by atoms with Crippen molar-refractivity contribution in [1.29, 1.82) is 0 Å². The summed E-state index contributed by atoms with van der Waals surface area (Å²) in [5, 5.41) is 2.45. The Bertz CT molecular complexity index is 688. The maximum atomic E-state index is 13.5. The highest BCUT2D eigenvalue weighted by Crippen LogP contribution is 2.30. The molecule has 8 heteroatoms. The molecule has 0 radical (unpaired) electrons. The molecule has 0 spiro atoms. The molecular weight excluding hydrogens is 312 g/mol. The third-order valence-corrected chi connectivity index (χ3v) is 2.74. The molecule has 2 rings (SSSR count). The van der Waals surface area contributed by atoms with E-state index in [-0.39, 0.29) is 10.8 Å². The Balaban J connectivity index is 2.31. The molecule has 1 aromatic heterocycles. The number of benzene rings is 1. The zero-order valence-corrected chi connectivity index (χ0v) is 11.0. The van der Waals surface area contributed by atoms with Crippen LogP contribution in [0.1, 0.15) is 15.9 Å². The van der Waals surface area contributed by atoms with Gasteiger partial charge < -0.3 is 5.32 Å². The second-order valence-corrected chi connectivity index (χ2v) is 4.44. The van der Waals surface area contributed by atoms with Crippen LogP contribution in [0.25, 0.3) is 0 Å². The van der Waals surface area contributed by atoms with E-state index in [0.29, 0.717) is 18.2 Å². The molecule has 21 heavy (non-hydrogen) atoms. The molecule has 3 nitrogen and oxygen atoms in total. The normalized spacial score (nSPS) is 11.3. The minimum atomic E-state index is -4.67. The summed E-state index contributed by atoms with van der Waals surface area (Å²) in [4.78, 5) is 15.6. The number of amides is 1. The highest BCUT2D eigenvalue weighted by atomic mass is 35.5.